The fourth-order valence-corrected chi connectivity index (χ4v) is 4.45. The number of pyridine rings is 1. The topological polar surface area (TPSA) is 93.0 Å². The van der Waals surface area contributed by atoms with Gasteiger partial charge in [0.25, 0.3) is 0 Å². The monoisotopic (exact) mass is 478 g/mol. The van der Waals surface area contributed by atoms with E-state index in [-0.39, 0.29) is 17.4 Å². The predicted molar refractivity (Wildman–Crippen MR) is 128 cm³/mol. The number of hydrogen-bond acceptors (Lipinski definition) is 6. The van der Waals surface area contributed by atoms with Crippen molar-refractivity contribution in [1.82, 2.24) is 19.5 Å². The van der Waals surface area contributed by atoms with Crippen LogP contribution in [-0.2, 0) is 19.6 Å². The number of imidazole rings is 1. The molecule has 7 nitrogen and oxygen atoms in total. The summed E-state index contributed by atoms with van der Waals surface area (Å²) < 4.78 is 8.06. The van der Waals surface area contributed by atoms with Gasteiger partial charge < -0.3 is 14.4 Å². The lowest BCUT2D eigenvalue weighted by Crippen LogP contribution is -2.09. The van der Waals surface area contributed by atoms with Crippen molar-refractivity contribution in [3.8, 4) is 11.6 Å². The molecule has 0 radical (unpaired) electrons. The highest BCUT2D eigenvalue weighted by atomic mass is 35.5. The Balaban J connectivity index is 1.33. The average Bonchev–Trinajstić information content (AvgIpc) is 3.33. The van der Waals surface area contributed by atoms with Gasteiger partial charge in [0.15, 0.2) is 5.65 Å². The SMILES string of the molecule is O=c1[nH]c(O)c(Cc2ccc(OCc3nc4cccnc4n3Cc3ccc(Cl)cc3)cc2)s1. The molecule has 0 saturated carbocycles. The van der Waals surface area contributed by atoms with E-state index in [9.17, 15) is 9.90 Å². The summed E-state index contributed by atoms with van der Waals surface area (Å²) in [5.74, 6) is 1.39. The molecule has 0 bridgehead atoms. The number of nitrogens with zero attached hydrogens (tertiary/aromatic N) is 3. The van der Waals surface area contributed by atoms with E-state index in [1.165, 1.54) is 0 Å². The number of fused-ring (bicyclic) bond motifs is 1. The fourth-order valence-electron chi connectivity index (χ4n) is 3.56. The Hall–Kier alpha value is -3.62. The largest absolute Gasteiger partial charge is 0.494 e. The van der Waals surface area contributed by atoms with Gasteiger partial charge in [0.1, 0.15) is 23.7 Å². The van der Waals surface area contributed by atoms with E-state index in [0.29, 0.717) is 28.6 Å². The first kappa shape index (κ1) is 21.2. The number of halogens is 1. The molecule has 0 aliphatic rings. The number of hydrogen-bond donors (Lipinski definition) is 2. The zero-order chi connectivity index (χ0) is 22.8. The van der Waals surface area contributed by atoms with E-state index in [2.05, 4.69) is 9.97 Å². The average molecular weight is 479 g/mol. The van der Waals surface area contributed by atoms with Crippen molar-refractivity contribution < 1.29 is 9.84 Å². The Morgan fingerprint density at radius 1 is 1.06 bits per heavy atom. The van der Waals surface area contributed by atoms with E-state index < -0.39 is 0 Å². The minimum absolute atomic E-state index is 0.0708. The van der Waals surface area contributed by atoms with Crippen molar-refractivity contribution >= 4 is 34.1 Å². The van der Waals surface area contributed by atoms with Crippen molar-refractivity contribution in [2.75, 3.05) is 0 Å². The number of benzene rings is 2. The first-order valence-electron chi connectivity index (χ1n) is 10.2. The molecule has 9 heteroatoms. The number of aromatic amines is 1. The highest BCUT2D eigenvalue weighted by Crippen LogP contribution is 2.23. The first-order valence-corrected chi connectivity index (χ1v) is 11.4. The summed E-state index contributed by atoms with van der Waals surface area (Å²) in [6.45, 7) is 0.884. The fraction of sp³-hybridized carbons (Fsp3) is 0.125. The molecule has 0 aliphatic carbocycles. The molecule has 0 saturated heterocycles. The molecule has 0 fully saturated rings. The van der Waals surface area contributed by atoms with Crippen LogP contribution in [0.25, 0.3) is 11.2 Å². The van der Waals surface area contributed by atoms with Crippen molar-refractivity contribution in [2.24, 2.45) is 0 Å². The van der Waals surface area contributed by atoms with Gasteiger partial charge in [0.05, 0.1) is 11.4 Å². The molecule has 0 aliphatic heterocycles. The second-order valence-corrected chi connectivity index (χ2v) is 8.99. The van der Waals surface area contributed by atoms with E-state index in [0.717, 1.165) is 39.5 Å². The minimum Gasteiger partial charge on any atom is -0.494 e. The molecule has 5 aromatic rings. The van der Waals surface area contributed by atoms with Gasteiger partial charge in [-0.3, -0.25) is 9.78 Å². The number of aromatic hydroxyl groups is 1. The maximum absolute atomic E-state index is 11.4. The highest BCUT2D eigenvalue weighted by molar-refractivity contribution is 7.09. The number of thiazole rings is 1. The summed E-state index contributed by atoms with van der Waals surface area (Å²) in [7, 11) is 0. The molecule has 2 aromatic carbocycles. The Bertz CT molecular complexity index is 1460. The number of ether oxygens (including phenoxy) is 1. The minimum atomic E-state index is -0.265. The summed E-state index contributed by atoms with van der Waals surface area (Å²) in [5, 5.41) is 10.5. The van der Waals surface area contributed by atoms with Crippen molar-refractivity contribution in [3.63, 3.8) is 0 Å². The molecular weight excluding hydrogens is 460 g/mol. The van der Waals surface area contributed by atoms with E-state index in [1.54, 1.807) is 6.20 Å². The van der Waals surface area contributed by atoms with Crippen LogP contribution in [0.2, 0.25) is 5.02 Å². The smallest absolute Gasteiger partial charge is 0.307 e. The van der Waals surface area contributed by atoms with Gasteiger partial charge in [-0.2, -0.15) is 0 Å². The summed E-state index contributed by atoms with van der Waals surface area (Å²) in [6.07, 6.45) is 2.22. The van der Waals surface area contributed by atoms with Crippen LogP contribution < -0.4 is 9.61 Å². The second kappa shape index (κ2) is 9.09. The molecular formula is C24H19ClN4O3S. The van der Waals surface area contributed by atoms with Gasteiger partial charge >= 0.3 is 4.87 Å². The maximum atomic E-state index is 11.4. The quantitative estimate of drug-likeness (QED) is 0.352. The Morgan fingerprint density at radius 2 is 1.82 bits per heavy atom. The molecule has 33 heavy (non-hydrogen) atoms. The van der Waals surface area contributed by atoms with Crippen molar-refractivity contribution in [2.45, 2.75) is 19.6 Å². The molecule has 0 spiro atoms. The number of rotatable bonds is 7. The third-order valence-electron chi connectivity index (χ3n) is 5.19. The highest BCUT2D eigenvalue weighted by Gasteiger charge is 2.13. The van der Waals surface area contributed by atoms with Crippen LogP contribution >= 0.6 is 22.9 Å². The lowest BCUT2D eigenvalue weighted by molar-refractivity contribution is 0.291. The van der Waals surface area contributed by atoms with Gasteiger partial charge in [-0.1, -0.05) is 47.2 Å². The number of nitrogens with one attached hydrogen (secondary N) is 1. The van der Waals surface area contributed by atoms with Gasteiger partial charge in [-0.15, -0.1) is 0 Å². The van der Waals surface area contributed by atoms with Gasteiger partial charge in [0.2, 0.25) is 5.88 Å². The molecule has 0 amide bonds. The molecule has 166 valence electrons. The first-order chi connectivity index (χ1) is 16.0. The van der Waals surface area contributed by atoms with Crippen LogP contribution in [0, 0.1) is 0 Å². The molecule has 2 N–H and O–H groups in total. The van der Waals surface area contributed by atoms with Crippen molar-refractivity contribution in [3.05, 3.63) is 103 Å². The Morgan fingerprint density at radius 3 is 2.55 bits per heavy atom. The normalized spacial score (nSPS) is 11.2. The van der Waals surface area contributed by atoms with Crippen LogP contribution in [0.15, 0.2) is 71.7 Å². The second-order valence-electron chi connectivity index (χ2n) is 7.48. The summed E-state index contributed by atoms with van der Waals surface area (Å²) >= 11 is 7.03. The number of aromatic nitrogens is 4. The summed E-state index contributed by atoms with van der Waals surface area (Å²) in [6, 6.07) is 19.1. The van der Waals surface area contributed by atoms with E-state index in [1.807, 2.05) is 65.2 Å². The lowest BCUT2D eigenvalue weighted by Gasteiger charge is -2.11. The van der Waals surface area contributed by atoms with Crippen molar-refractivity contribution in [1.29, 1.82) is 0 Å². The predicted octanol–water partition coefficient (Wildman–Crippen LogP) is 4.76. The molecule has 3 heterocycles. The third-order valence-corrected chi connectivity index (χ3v) is 6.32. The van der Waals surface area contributed by atoms with Crippen LogP contribution in [0.1, 0.15) is 21.8 Å². The number of H-pyrrole nitrogens is 1. The standard InChI is InChI=1S/C24H19ClN4O3S/c25-17-7-3-16(4-8-17)13-29-21(27-19-2-1-11-26-22(19)29)14-32-18-9-5-15(6-10-18)12-20-23(30)28-24(31)33-20/h1-11,30H,12-14H2,(H,28,31). The summed E-state index contributed by atoms with van der Waals surface area (Å²) in [4.78, 5) is 23.3. The summed E-state index contributed by atoms with van der Waals surface area (Å²) in [5.41, 5.74) is 3.66. The molecule has 5 rings (SSSR count). The van der Waals surface area contributed by atoms with Gasteiger partial charge in [-0.05, 0) is 47.5 Å². The third kappa shape index (κ3) is 4.76. The van der Waals surface area contributed by atoms with Gasteiger partial charge in [0, 0.05) is 17.6 Å². The Labute approximate surface area is 197 Å². The molecule has 3 aromatic heterocycles. The van der Waals surface area contributed by atoms with E-state index in [4.69, 9.17) is 21.3 Å². The van der Waals surface area contributed by atoms with E-state index >= 15 is 0 Å². The van der Waals surface area contributed by atoms with Gasteiger partial charge in [-0.25, -0.2) is 9.97 Å². The van der Waals surface area contributed by atoms with Crippen LogP contribution in [0.3, 0.4) is 0 Å². The zero-order valence-corrected chi connectivity index (χ0v) is 18.9. The Kier molecular flexibility index (Phi) is 5.85. The maximum Gasteiger partial charge on any atom is 0.307 e. The van der Waals surface area contributed by atoms with Crippen LogP contribution in [-0.4, -0.2) is 24.6 Å². The zero-order valence-electron chi connectivity index (χ0n) is 17.4. The molecule has 0 atom stereocenters. The van der Waals surface area contributed by atoms with Crippen LogP contribution in [0.5, 0.6) is 11.6 Å². The molecule has 0 unspecified atom stereocenters. The van der Waals surface area contributed by atoms with Crippen LogP contribution in [0.4, 0.5) is 0 Å². The lowest BCUT2D eigenvalue weighted by atomic mass is 10.1.